The van der Waals surface area contributed by atoms with Gasteiger partial charge in [0.2, 0.25) is 17.6 Å². The Bertz CT molecular complexity index is 1670. The van der Waals surface area contributed by atoms with Gasteiger partial charge in [0.05, 0.1) is 18.5 Å². The molecule has 0 aromatic carbocycles. The molecule has 0 saturated heterocycles. The molecule has 0 bridgehead atoms. The topological polar surface area (TPSA) is 188 Å². The molecular formula is C26H30N10O6. The Kier molecular flexibility index (Phi) is 8.54. The van der Waals surface area contributed by atoms with E-state index in [1.54, 1.807) is 62.0 Å². The molecule has 0 radical (unpaired) electrons. The normalized spacial score (nSPS) is 10.7. The van der Waals surface area contributed by atoms with E-state index < -0.39 is 29.6 Å². The number of carbonyl (C=O) groups is 5. The summed E-state index contributed by atoms with van der Waals surface area (Å²) < 4.78 is 10.9. The van der Waals surface area contributed by atoms with Crippen molar-refractivity contribution in [2.45, 2.75) is 12.8 Å². The maximum absolute atomic E-state index is 12.7. The van der Waals surface area contributed by atoms with Crippen molar-refractivity contribution in [2.24, 2.45) is 28.2 Å². The van der Waals surface area contributed by atoms with Crippen molar-refractivity contribution in [3.05, 3.63) is 60.5 Å². The van der Waals surface area contributed by atoms with Crippen molar-refractivity contribution in [2.75, 3.05) is 28.4 Å². The zero-order valence-electron chi connectivity index (χ0n) is 23.6. The number of hydrogen-bond acceptors (Lipinski definition) is 8. The molecule has 0 aliphatic rings. The van der Waals surface area contributed by atoms with E-state index >= 15 is 0 Å². The highest BCUT2D eigenvalue weighted by atomic mass is 16.5. The zero-order chi connectivity index (χ0) is 30.6. The number of methoxy groups -OCH3 is 1. The van der Waals surface area contributed by atoms with Gasteiger partial charge in [0, 0.05) is 78.1 Å². The number of nitrogens with zero attached hydrogens (tertiary/aromatic N) is 6. The first-order valence-corrected chi connectivity index (χ1v) is 12.6. The van der Waals surface area contributed by atoms with Gasteiger partial charge in [0.25, 0.3) is 11.8 Å². The molecule has 220 valence electrons. The van der Waals surface area contributed by atoms with Gasteiger partial charge in [0.1, 0.15) is 11.5 Å². The summed E-state index contributed by atoms with van der Waals surface area (Å²) in [5.41, 5.74) is 1.08. The number of esters is 1. The number of nitrogens with one attached hydrogen (secondary N) is 4. The lowest BCUT2D eigenvalue weighted by Gasteiger charge is -2.06. The van der Waals surface area contributed by atoms with Crippen molar-refractivity contribution < 1.29 is 28.7 Å². The summed E-state index contributed by atoms with van der Waals surface area (Å²) >= 11 is 0. The third-order valence-electron chi connectivity index (χ3n) is 6.14. The predicted octanol–water partition coefficient (Wildman–Crippen LogP) is 1.48. The van der Waals surface area contributed by atoms with E-state index in [1.165, 1.54) is 34.7 Å². The molecule has 16 heteroatoms. The number of aryl methyl sites for hydroxylation is 4. The molecule has 0 aliphatic carbocycles. The summed E-state index contributed by atoms with van der Waals surface area (Å²) in [6, 6.07) is 3.06. The minimum atomic E-state index is -0.558. The Morgan fingerprint density at radius 2 is 1.36 bits per heavy atom. The lowest BCUT2D eigenvalue weighted by Crippen LogP contribution is -2.18. The summed E-state index contributed by atoms with van der Waals surface area (Å²) in [6.07, 6.45) is 7.55. The second-order valence-corrected chi connectivity index (χ2v) is 9.37. The fraction of sp³-hybridized carbons (Fsp3) is 0.269. The Balaban J connectivity index is 1.27. The van der Waals surface area contributed by atoms with Crippen LogP contribution >= 0.6 is 0 Å². The average molecular weight is 579 g/mol. The first-order valence-electron chi connectivity index (χ1n) is 12.6. The molecule has 4 aromatic heterocycles. The van der Waals surface area contributed by atoms with Gasteiger partial charge in [-0.05, 0) is 6.07 Å². The van der Waals surface area contributed by atoms with Gasteiger partial charge in [-0.1, -0.05) is 0 Å². The van der Waals surface area contributed by atoms with Crippen LogP contribution in [0.25, 0.3) is 0 Å². The van der Waals surface area contributed by atoms with Crippen LogP contribution < -0.4 is 21.3 Å². The second-order valence-electron chi connectivity index (χ2n) is 9.37. The van der Waals surface area contributed by atoms with E-state index in [9.17, 15) is 24.0 Å². The van der Waals surface area contributed by atoms with Crippen LogP contribution in [0.2, 0.25) is 0 Å². The van der Waals surface area contributed by atoms with Crippen LogP contribution in [0.3, 0.4) is 0 Å². The van der Waals surface area contributed by atoms with Crippen molar-refractivity contribution in [3.63, 3.8) is 0 Å². The molecule has 4 aromatic rings. The lowest BCUT2D eigenvalue weighted by molar-refractivity contribution is -0.121. The molecule has 4 rings (SSSR count). The van der Waals surface area contributed by atoms with Crippen LogP contribution in [0.15, 0.2) is 43.1 Å². The van der Waals surface area contributed by atoms with Crippen LogP contribution in [0.1, 0.15) is 44.6 Å². The van der Waals surface area contributed by atoms with Crippen LogP contribution in [0.5, 0.6) is 0 Å². The fourth-order valence-electron chi connectivity index (χ4n) is 4.03. The summed E-state index contributed by atoms with van der Waals surface area (Å²) in [7, 11) is 7.88. The van der Waals surface area contributed by atoms with E-state index in [0.29, 0.717) is 17.2 Å². The van der Waals surface area contributed by atoms with E-state index in [1.807, 2.05) is 0 Å². The predicted molar refractivity (Wildman–Crippen MR) is 151 cm³/mol. The number of imidazole rings is 2. The number of anilines is 4. The van der Waals surface area contributed by atoms with E-state index in [0.717, 1.165) is 0 Å². The van der Waals surface area contributed by atoms with Crippen LogP contribution in [0.4, 0.5) is 23.0 Å². The van der Waals surface area contributed by atoms with Gasteiger partial charge in [-0.2, -0.15) is 0 Å². The van der Waals surface area contributed by atoms with Crippen molar-refractivity contribution in [1.82, 2.24) is 28.2 Å². The minimum absolute atomic E-state index is 0.0148. The van der Waals surface area contributed by atoms with Crippen molar-refractivity contribution in [1.29, 1.82) is 0 Å². The van der Waals surface area contributed by atoms with Crippen LogP contribution in [0, 0.1) is 0 Å². The molecule has 0 aliphatic heterocycles. The number of hydrogen-bond donors (Lipinski definition) is 4. The van der Waals surface area contributed by atoms with Gasteiger partial charge in [-0.15, -0.1) is 0 Å². The van der Waals surface area contributed by atoms with E-state index in [-0.39, 0.29) is 36.0 Å². The Morgan fingerprint density at radius 1 is 0.738 bits per heavy atom. The van der Waals surface area contributed by atoms with E-state index in [4.69, 9.17) is 4.74 Å². The summed E-state index contributed by atoms with van der Waals surface area (Å²) in [4.78, 5) is 70.0. The third kappa shape index (κ3) is 6.72. The first kappa shape index (κ1) is 29.3. The second kappa shape index (κ2) is 12.2. The molecule has 0 spiro atoms. The number of aromatic nitrogens is 6. The van der Waals surface area contributed by atoms with Gasteiger partial charge < -0.3 is 44.3 Å². The van der Waals surface area contributed by atoms with Crippen molar-refractivity contribution in [3.8, 4) is 0 Å². The number of carbonyl (C=O) groups excluding carboxylic acids is 5. The molecule has 4 heterocycles. The van der Waals surface area contributed by atoms with Gasteiger partial charge in [0.15, 0.2) is 11.6 Å². The summed E-state index contributed by atoms with van der Waals surface area (Å²) in [5, 5.41) is 10.6. The lowest BCUT2D eigenvalue weighted by atomic mass is 10.3. The summed E-state index contributed by atoms with van der Waals surface area (Å²) in [6.45, 7) is 0. The molecule has 0 atom stereocenters. The van der Waals surface area contributed by atoms with Crippen LogP contribution in [-0.2, 0) is 42.5 Å². The Morgan fingerprint density at radius 3 is 2.00 bits per heavy atom. The maximum atomic E-state index is 12.7. The highest BCUT2D eigenvalue weighted by molar-refractivity contribution is 6.04. The Labute approximate surface area is 239 Å². The largest absolute Gasteiger partial charge is 0.464 e. The smallest absolute Gasteiger partial charge is 0.354 e. The molecule has 4 N–H and O–H groups in total. The SMILES string of the molecule is COC(=O)c1cc(NC(=O)c2nc(NC(=O)CCC(=O)Nc3cc(NC(=O)c4nccn4C)cn3C)cn2C)cn1C. The fourth-order valence-corrected chi connectivity index (χ4v) is 4.03. The molecule has 16 nitrogen and oxygen atoms in total. The van der Waals surface area contributed by atoms with E-state index in [2.05, 4.69) is 31.2 Å². The molecule has 0 saturated carbocycles. The number of ether oxygens (including phenoxy) is 1. The molecule has 0 fully saturated rings. The first-order chi connectivity index (χ1) is 19.9. The van der Waals surface area contributed by atoms with Gasteiger partial charge in [-0.25, -0.2) is 14.8 Å². The van der Waals surface area contributed by atoms with Crippen molar-refractivity contribution >= 4 is 52.6 Å². The number of amides is 4. The third-order valence-corrected chi connectivity index (χ3v) is 6.14. The molecule has 0 unspecified atom stereocenters. The maximum Gasteiger partial charge on any atom is 0.354 e. The monoisotopic (exact) mass is 578 g/mol. The van der Waals surface area contributed by atoms with Crippen LogP contribution in [-0.4, -0.2) is 64.9 Å². The molecule has 42 heavy (non-hydrogen) atoms. The standard InChI is InChI=1S/C26H30N10O6/c1-33-9-8-27-22(33)24(39)29-16-11-19(35(3)13-16)32-21(38)7-6-20(37)30-18-14-36(4)23(31-18)25(40)28-15-10-17(26(41)42-5)34(2)12-15/h8-14H,6-7H2,1-5H3,(H,28,40)(H,29,39)(H,30,37)(H,32,38). The average Bonchev–Trinajstić information content (AvgIpc) is 3.70. The highest BCUT2D eigenvalue weighted by Gasteiger charge is 2.19. The molecule has 4 amide bonds. The quantitative estimate of drug-likeness (QED) is 0.204. The highest BCUT2D eigenvalue weighted by Crippen LogP contribution is 2.19. The van der Waals surface area contributed by atoms with Gasteiger partial charge in [-0.3, -0.25) is 19.2 Å². The minimum Gasteiger partial charge on any atom is -0.464 e. The Hall–Kier alpha value is -5.67. The zero-order valence-corrected chi connectivity index (χ0v) is 23.6. The van der Waals surface area contributed by atoms with Gasteiger partial charge >= 0.3 is 5.97 Å². The summed E-state index contributed by atoms with van der Waals surface area (Å²) in [5.74, 6) is -1.59. The molecular weight excluding hydrogens is 548 g/mol. The number of rotatable bonds is 10.